The Hall–Kier alpha value is -1.55. The van der Waals surface area contributed by atoms with Gasteiger partial charge in [-0.1, -0.05) is 39.8 Å². The Morgan fingerprint density at radius 2 is 2.00 bits per heavy atom. The van der Waals surface area contributed by atoms with E-state index in [1.807, 2.05) is 18.2 Å². The molecule has 0 aromatic heterocycles. The second kappa shape index (κ2) is 4.53. The summed E-state index contributed by atoms with van der Waals surface area (Å²) in [7, 11) is 0. The van der Waals surface area contributed by atoms with Crippen LogP contribution in [0, 0.1) is 11.3 Å². The predicted octanol–water partition coefficient (Wildman–Crippen LogP) is 4.15. The summed E-state index contributed by atoms with van der Waals surface area (Å²) in [6.45, 7) is 12.5. The van der Waals surface area contributed by atoms with Gasteiger partial charge in [-0.25, -0.2) is 0 Å². The van der Waals surface area contributed by atoms with Crippen molar-refractivity contribution in [2.45, 2.75) is 39.0 Å². The molecule has 0 bridgehead atoms. The lowest BCUT2D eigenvalue weighted by atomic mass is 9.80. The SMILES string of the molecule is C=CC(C)c1cc(C#N)ccc1C(C)(C)C. The minimum atomic E-state index is 0.0978. The van der Waals surface area contributed by atoms with Gasteiger partial charge in [0.25, 0.3) is 0 Å². The van der Waals surface area contributed by atoms with E-state index in [9.17, 15) is 0 Å². The summed E-state index contributed by atoms with van der Waals surface area (Å²) in [6.07, 6.45) is 1.92. The van der Waals surface area contributed by atoms with Crippen molar-refractivity contribution in [3.63, 3.8) is 0 Å². The standard InChI is InChI=1S/C15H19N/c1-6-11(2)13-9-12(10-16)7-8-14(13)15(3,4)5/h6-9,11H,1H2,2-5H3. The van der Waals surface area contributed by atoms with Gasteiger partial charge in [-0.3, -0.25) is 0 Å². The summed E-state index contributed by atoms with van der Waals surface area (Å²) in [5.41, 5.74) is 3.32. The Balaban J connectivity index is 3.40. The molecule has 0 aliphatic rings. The Morgan fingerprint density at radius 3 is 2.44 bits per heavy atom. The van der Waals surface area contributed by atoms with Crippen molar-refractivity contribution in [3.8, 4) is 6.07 Å². The van der Waals surface area contributed by atoms with E-state index in [4.69, 9.17) is 5.26 Å². The van der Waals surface area contributed by atoms with Gasteiger partial charge in [0, 0.05) is 0 Å². The third-order valence-electron chi connectivity index (χ3n) is 2.83. The Morgan fingerprint density at radius 1 is 1.38 bits per heavy atom. The highest BCUT2D eigenvalue weighted by Gasteiger charge is 2.20. The van der Waals surface area contributed by atoms with Crippen molar-refractivity contribution in [1.82, 2.24) is 0 Å². The van der Waals surface area contributed by atoms with Gasteiger partial charge in [-0.15, -0.1) is 6.58 Å². The van der Waals surface area contributed by atoms with Crippen LogP contribution in [0.2, 0.25) is 0 Å². The normalized spacial score (nSPS) is 12.9. The first-order chi connectivity index (χ1) is 7.40. The van der Waals surface area contributed by atoms with Gasteiger partial charge >= 0.3 is 0 Å². The molecule has 0 aliphatic carbocycles. The fraction of sp³-hybridized carbons (Fsp3) is 0.400. The van der Waals surface area contributed by atoms with E-state index in [1.54, 1.807) is 0 Å². The second-order valence-corrected chi connectivity index (χ2v) is 5.19. The Kier molecular flexibility index (Phi) is 3.55. The van der Waals surface area contributed by atoms with Crippen LogP contribution in [0.25, 0.3) is 0 Å². The maximum Gasteiger partial charge on any atom is 0.0991 e. The lowest BCUT2D eigenvalue weighted by Crippen LogP contribution is -2.15. The quantitative estimate of drug-likeness (QED) is 0.677. The van der Waals surface area contributed by atoms with E-state index >= 15 is 0 Å². The minimum absolute atomic E-state index is 0.0978. The van der Waals surface area contributed by atoms with Gasteiger partial charge in [0.2, 0.25) is 0 Å². The van der Waals surface area contributed by atoms with E-state index in [1.165, 1.54) is 11.1 Å². The molecule has 0 saturated carbocycles. The smallest absolute Gasteiger partial charge is 0.0991 e. The monoisotopic (exact) mass is 213 g/mol. The Bertz CT molecular complexity index is 430. The van der Waals surface area contributed by atoms with Crippen molar-refractivity contribution in [2.24, 2.45) is 0 Å². The largest absolute Gasteiger partial charge is 0.192 e. The topological polar surface area (TPSA) is 23.8 Å². The molecule has 16 heavy (non-hydrogen) atoms. The van der Waals surface area contributed by atoms with Crippen LogP contribution in [-0.2, 0) is 5.41 Å². The number of hydrogen-bond donors (Lipinski definition) is 0. The molecule has 84 valence electrons. The molecular formula is C15H19N. The van der Waals surface area contributed by atoms with Crippen LogP contribution < -0.4 is 0 Å². The first kappa shape index (κ1) is 12.5. The lowest BCUT2D eigenvalue weighted by molar-refractivity contribution is 0.580. The highest BCUT2D eigenvalue weighted by atomic mass is 14.3. The highest BCUT2D eigenvalue weighted by molar-refractivity contribution is 5.43. The third-order valence-corrected chi connectivity index (χ3v) is 2.83. The van der Waals surface area contributed by atoms with Crippen LogP contribution in [-0.4, -0.2) is 0 Å². The van der Waals surface area contributed by atoms with E-state index < -0.39 is 0 Å². The molecule has 0 aliphatic heterocycles. The third kappa shape index (κ3) is 2.52. The molecule has 1 nitrogen and oxygen atoms in total. The van der Waals surface area contributed by atoms with Crippen molar-refractivity contribution in [1.29, 1.82) is 5.26 Å². The maximum absolute atomic E-state index is 8.93. The van der Waals surface area contributed by atoms with Gasteiger partial charge in [-0.05, 0) is 34.6 Å². The zero-order valence-corrected chi connectivity index (χ0v) is 10.5. The van der Waals surface area contributed by atoms with Gasteiger partial charge in [0.1, 0.15) is 0 Å². The zero-order valence-electron chi connectivity index (χ0n) is 10.5. The molecule has 1 rings (SSSR count). The lowest BCUT2D eigenvalue weighted by Gasteiger charge is -2.25. The number of nitrogens with zero attached hydrogens (tertiary/aromatic N) is 1. The molecular weight excluding hydrogens is 194 g/mol. The van der Waals surface area contributed by atoms with Crippen molar-refractivity contribution in [2.75, 3.05) is 0 Å². The molecule has 1 atom stereocenters. The van der Waals surface area contributed by atoms with Gasteiger partial charge in [-0.2, -0.15) is 5.26 Å². The van der Waals surface area contributed by atoms with Gasteiger partial charge < -0.3 is 0 Å². The van der Waals surface area contributed by atoms with E-state index in [0.717, 1.165) is 5.56 Å². The first-order valence-corrected chi connectivity index (χ1v) is 5.57. The highest BCUT2D eigenvalue weighted by Crippen LogP contribution is 2.31. The minimum Gasteiger partial charge on any atom is -0.192 e. The summed E-state index contributed by atoms with van der Waals surface area (Å²) in [5.74, 6) is 0.280. The molecule has 0 N–H and O–H groups in total. The van der Waals surface area contributed by atoms with Crippen molar-refractivity contribution in [3.05, 3.63) is 47.5 Å². The number of hydrogen-bond acceptors (Lipinski definition) is 1. The Labute approximate surface area is 98.4 Å². The fourth-order valence-corrected chi connectivity index (χ4v) is 1.82. The summed E-state index contributed by atoms with van der Waals surface area (Å²) in [5, 5.41) is 8.93. The number of benzene rings is 1. The number of allylic oxidation sites excluding steroid dienone is 1. The molecule has 0 amide bonds. The molecule has 1 aromatic carbocycles. The fourth-order valence-electron chi connectivity index (χ4n) is 1.82. The average Bonchev–Trinajstić information content (AvgIpc) is 2.25. The summed E-state index contributed by atoms with van der Waals surface area (Å²) < 4.78 is 0. The average molecular weight is 213 g/mol. The second-order valence-electron chi connectivity index (χ2n) is 5.19. The molecule has 0 spiro atoms. The maximum atomic E-state index is 8.93. The van der Waals surface area contributed by atoms with Crippen LogP contribution >= 0.6 is 0 Å². The molecule has 0 heterocycles. The predicted molar refractivity (Wildman–Crippen MR) is 68.5 cm³/mol. The molecule has 1 unspecified atom stereocenters. The molecule has 0 fully saturated rings. The van der Waals surface area contributed by atoms with Crippen LogP contribution in [0.3, 0.4) is 0 Å². The first-order valence-electron chi connectivity index (χ1n) is 5.57. The van der Waals surface area contributed by atoms with E-state index in [2.05, 4.69) is 46.4 Å². The molecule has 0 radical (unpaired) electrons. The van der Waals surface area contributed by atoms with Crippen LogP contribution in [0.15, 0.2) is 30.9 Å². The number of rotatable bonds is 2. The van der Waals surface area contributed by atoms with Crippen LogP contribution in [0.1, 0.15) is 50.3 Å². The molecule has 0 saturated heterocycles. The van der Waals surface area contributed by atoms with Gasteiger partial charge in [0.05, 0.1) is 11.6 Å². The summed E-state index contributed by atoms with van der Waals surface area (Å²) in [4.78, 5) is 0. The molecule has 1 aromatic rings. The van der Waals surface area contributed by atoms with Crippen LogP contribution in [0.5, 0.6) is 0 Å². The van der Waals surface area contributed by atoms with Crippen molar-refractivity contribution < 1.29 is 0 Å². The summed E-state index contributed by atoms with van der Waals surface area (Å²) in [6, 6.07) is 8.12. The van der Waals surface area contributed by atoms with Crippen molar-refractivity contribution >= 4 is 0 Å². The van der Waals surface area contributed by atoms with E-state index in [0.29, 0.717) is 0 Å². The summed E-state index contributed by atoms with van der Waals surface area (Å²) >= 11 is 0. The molecule has 1 heteroatoms. The van der Waals surface area contributed by atoms with E-state index in [-0.39, 0.29) is 11.3 Å². The number of nitriles is 1. The zero-order chi connectivity index (χ0) is 12.3. The van der Waals surface area contributed by atoms with Gasteiger partial charge in [0.15, 0.2) is 0 Å². The van der Waals surface area contributed by atoms with Crippen LogP contribution in [0.4, 0.5) is 0 Å².